The van der Waals surface area contributed by atoms with Crippen LogP contribution in [0.2, 0.25) is 5.02 Å². The summed E-state index contributed by atoms with van der Waals surface area (Å²) in [6.45, 7) is 2.01. The highest BCUT2D eigenvalue weighted by molar-refractivity contribution is 6.30. The van der Waals surface area contributed by atoms with Crippen LogP contribution >= 0.6 is 11.6 Å². The first-order valence-corrected chi connectivity index (χ1v) is 5.65. The summed E-state index contributed by atoms with van der Waals surface area (Å²) in [6.07, 6.45) is 2.17. The lowest BCUT2D eigenvalue weighted by Gasteiger charge is -2.09. The molecule has 2 aromatic rings. The maximum atomic E-state index is 13.5. The smallest absolute Gasteiger partial charge is 0.255 e. The Morgan fingerprint density at radius 1 is 1.35 bits per heavy atom. The quantitative estimate of drug-likeness (QED) is 0.814. The molecule has 88 valence electrons. The molecule has 0 aliphatic carbocycles. The average Bonchev–Trinajstić information content (AvgIpc) is 2.33. The predicted octanol–water partition coefficient (Wildman–Crippen LogP) is 4.23. The van der Waals surface area contributed by atoms with Crippen molar-refractivity contribution in [1.82, 2.24) is 4.98 Å². The van der Waals surface area contributed by atoms with Crippen LogP contribution in [0.1, 0.15) is 12.5 Å². The van der Waals surface area contributed by atoms with Gasteiger partial charge in [-0.3, -0.25) is 0 Å². The average molecular weight is 252 g/mol. The van der Waals surface area contributed by atoms with Crippen LogP contribution in [0.3, 0.4) is 0 Å². The number of ether oxygens (including phenoxy) is 1. The molecule has 2 rings (SSSR count). The normalized spacial score (nSPS) is 10.3. The van der Waals surface area contributed by atoms with Crippen molar-refractivity contribution >= 4 is 11.6 Å². The fraction of sp³-hybridized carbons (Fsp3) is 0.154. The second-order valence-electron chi connectivity index (χ2n) is 3.50. The maximum Gasteiger partial charge on any atom is 0.255 e. The van der Waals surface area contributed by atoms with Crippen molar-refractivity contribution in [1.29, 1.82) is 0 Å². The second-order valence-corrected chi connectivity index (χ2v) is 3.94. The van der Waals surface area contributed by atoms with E-state index in [1.54, 1.807) is 6.07 Å². The summed E-state index contributed by atoms with van der Waals surface area (Å²) in [7, 11) is 0. The van der Waals surface area contributed by atoms with Crippen LogP contribution in [0, 0.1) is 5.82 Å². The SMILES string of the molecule is CCc1ccccc1Oc1ncc(Cl)cc1F. The standard InChI is InChI=1S/C13H11ClFNO/c1-2-9-5-3-4-6-12(9)17-13-11(15)7-10(14)8-16-13/h3-8H,2H2,1H3. The van der Waals surface area contributed by atoms with Crippen LogP contribution in [0.5, 0.6) is 11.6 Å². The number of aromatic nitrogens is 1. The molecule has 0 atom stereocenters. The number of pyridine rings is 1. The van der Waals surface area contributed by atoms with Crippen molar-refractivity contribution in [3.8, 4) is 11.6 Å². The molecule has 0 N–H and O–H groups in total. The molecule has 2 nitrogen and oxygen atoms in total. The van der Waals surface area contributed by atoms with Gasteiger partial charge in [-0.25, -0.2) is 9.37 Å². The summed E-state index contributed by atoms with van der Waals surface area (Å²) in [5.74, 6) is -0.0116. The molecular weight excluding hydrogens is 241 g/mol. The number of aryl methyl sites for hydroxylation is 1. The van der Waals surface area contributed by atoms with Gasteiger partial charge in [-0.2, -0.15) is 0 Å². The van der Waals surface area contributed by atoms with E-state index in [1.807, 2.05) is 25.1 Å². The molecule has 0 fully saturated rings. The molecule has 0 spiro atoms. The Morgan fingerprint density at radius 2 is 2.12 bits per heavy atom. The first-order valence-electron chi connectivity index (χ1n) is 5.27. The van der Waals surface area contributed by atoms with E-state index < -0.39 is 5.82 Å². The molecular formula is C13H11ClFNO. The lowest BCUT2D eigenvalue weighted by atomic mass is 10.1. The van der Waals surface area contributed by atoms with E-state index in [1.165, 1.54) is 12.3 Å². The number of benzene rings is 1. The summed E-state index contributed by atoms with van der Waals surface area (Å²) < 4.78 is 18.9. The number of rotatable bonds is 3. The van der Waals surface area contributed by atoms with Gasteiger partial charge >= 0.3 is 0 Å². The first kappa shape index (κ1) is 11.9. The summed E-state index contributed by atoms with van der Waals surface area (Å²) >= 11 is 5.62. The number of nitrogens with zero attached hydrogens (tertiary/aromatic N) is 1. The lowest BCUT2D eigenvalue weighted by molar-refractivity contribution is 0.419. The highest BCUT2D eigenvalue weighted by Gasteiger charge is 2.09. The largest absolute Gasteiger partial charge is 0.436 e. The van der Waals surface area contributed by atoms with Gasteiger partial charge in [0.1, 0.15) is 5.75 Å². The molecule has 0 unspecified atom stereocenters. The van der Waals surface area contributed by atoms with E-state index >= 15 is 0 Å². The Bertz CT molecular complexity index is 531. The van der Waals surface area contributed by atoms with Gasteiger partial charge in [-0.05, 0) is 24.1 Å². The Balaban J connectivity index is 2.31. The summed E-state index contributed by atoms with van der Waals surface area (Å²) in [5, 5.41) is 0.249. The molecule has 1 heterocycles. The maximum absolute atomic E-state index is 13.5. The highest BCUT2D eigenvalue weighted by atomic mass is 35.5. The van der Waals surface area contributed by atoms with E-state index in [2.05, 4.69) is 4.98 Å². The van der Waals surface area contributed by atoms with Crippen LogP contribution < -0.4 is 4.74 Å². The Morgan fingerprint density at radius 3 is 2.82 bits per heavy atom. The Hall–Kier alpha value is -1.61. The van der Waals surface area contributed by atoms with Crippen molar-refractivity contribution in [3.63, 3.8) is 0 Å². The number of hydrogen-bond donors (Lipinski definition) is 0. The second kappa shape index (κ2) is 5.15. The summed E-state index contributed by atoms with van der Waals surface area (Å²) in [6, 6.07) is 8.65. The Kier molecular flexibility index (Phi) is 3.59. The number of para-hydroxylation sites is 1. The first-order chi connectivity index (χ1) is 8.20. The van der Waals surface area contributed by atoms with Gasteiger partial charge in [0.2, 0.25) is 0 Å². The van der Waals surface area contributed by atoms with Gasteiger partial charge < -0.3 is 4.74 Å². The van der Waals surface area contributed by atoms with Gasteiger partial charge in [-0.15, -0.1) is 0 Å². The lowest BCUT2D eigenvalue weighted by Crippen LogP contribution is -1.94. The van der Waals surface area contributed by atoms with Gasteiger partial charge in [0, 0.05) is 6.20 Å². The van der Waals surface area contributed by atoms with E-state index in [-0.39, 0.29) is 10.9 Å². The minimum atomic E-state index is -0.566. The molecule has 0 radical (unpaired) electrons. The van der Waals surface area contributed by atoms with Crippen molar-refractivity contribution in [3.05, 3.63) is 52.9 Å². The fourth-order valence-corrected chi connectivity index (χ4v) is 1.62. The van der Waals surface area contributed by atoms with Crippen LogP contribution in [0.4, 0.5) is 4.39 Å². The van der Waals surface area contributed by atoms with E-state index in [9.17, 15) is 4.39 Å². The molecule has 0 saturated heterocycles. The van der Waals surface area contributed by atoms with Crippen molar-refractivity contribution in [2.75, 3.05) is 0 Å². The van der Waals surface area contributed by atoms with Gasteiger partial charge in [-0.1, -0.05) is 36.7 Å². The van der Waals surface area contributed by atoms with Crippen molar-refractivity contribution in [2.24, 2.45) is 0 Å². The van der Waals surface area contributed by atoms with E-state index in [0.29, 0.717) is 5.75 Å². The third-order valence-corrected chi connectivity index (χ3v) is 2.54. The van der Waals surface area contributed by atoms with Crippen molar-refractivity contribution < 1.29 is 9.13 Å². The van der Waals surface area contributed by atoms with Gasteiger partial charge in [0.05, 0.1) is 5.02 Å². The molecule has 17 heavy (non-hydrogen) atoms. The van der Waals surface area contributed by atoms with Crippen LogP contribution in [-0.4, -0.2) is 4.98 Å². The van der Waals surface area contributed by atoms with E-state index in [0.717, 1.165) is 12.0 Å². The highest BCUT2D eigenvalue weighted by Crippen LogP contribution is 2.27. The third-order valence-electron chi connectivity index (χ3n) is 2.33. The van der Waals surface area contributed by atoms with Crippen LogP contribution in [-0.2, 0) is 6.42 Å². The summed E-state index contributed by atoms with van der Waals surface area (Å²) in [4.78, 5) is 3.82. The van der Waals surface area contributed by atoms with E-state index in [4.69, 9.17) is 16.3 Å². The van der Waals surface area contributed by atoms with Crippen LogP contribution in [0.15, 0.2) is 36.5 Å². The molecule has 0 bridgehead atoms. The molecule has 1 aromatic heterocycles. The summed E-state index contributed by atoms with van der Waals surface area (Å²) in [5.41, 5.74) is 1.00. The van der Waals surface area contributed by atoms with Gasteiger partial charge in [0.15, 0.2) is 5.82 Å². The molecule has 0 saturated carbocycles. The zero-order valence-electron chi connectivity index (χ0n) is 9.28. The topological polar surface area (TPSA) is 22.1 Å². The van der Waals surface area contributed by atoms with Crippen molar-refractivity contribution in [2.45, 2.75) is 13.3 Å². The molecule has 0 amide bonds. The van der Waals surface area contributed by atoms with Crippen LogP contribution in [0.25, 0.3) is 0 Å². The monoisotopic (exact) mass is 251 g/mol. The minimum absolute atomic E-state index is 0.0599. The zero-order chi connectivity index (χ0) is 12.3. The third kappa shape index (κ3) is 2.74. The minimum Gasteiger partial charge on any atom is -0.436 e. The molecule has 1 aromatic carbocycles. The van der Waals surface area contributed by atoms with Gasteiger partial charge in [0.25, 0.3) is 5.88 Å². The zero-order valence-corrected chi connectivity index (χ0v) is 10.0. The molecule has 0 aliphatic rings. The number of halogens is 2. The molecule has 0 aliphatic heterocycles. The Labute approximate surface area is 104 Å². The molecule has 4 heteroatoms. The predicted molar refractivity (Wildman–Crippen MR) is 65.1 cm³/mol. The fourth-order valence-electron chi connectivity index (χ4n) is 1.48. The number of hydrogen-bond acceptors (Lipinski definition) is 2.